The van der Waals surface area contributed by atoms with Crippen LogP contribution in [0.15, 0.2) is 12.1 Å². The highest BCUT2D eigenvalue weighted by atomic mass is 35.5. The summed E-state index contributed by atoms with van der Waals surface area (Å²) in [5, 5.41) is 14.0. The quantitative estimate of drug-likeness (QED) is 0.785. The molecule has 0 saturated carbocycles. The first-order valence-corrected chi connectivity index (χ1v) is 6.42. The second-order valence-electron chi connectivity index (χ2n) is 4.77. The summed E-state index contributed by atoms with van der Waals surface area (Å²) in [6.07, 6.45) is 2.10. The Morgan fingerprint density at radius 3 is 2.61 bits per heavy atom. The molecule has 0 aliphatic carbocycles. The minimum atomic E-state index is -0.130. The summed E-state index contributed by atoms with van der Waals surface area (Å²) < 4.78 is 0. The lowest BCUT2D eigenvalue weighted by atomic mass is 9.85. The Balaban J connectivity index is 0.00000162. The van der Waals surface area contributed by atoms with E-state index in [9.17, 15) is 5.11 Å². The molecule has 0 spiro atoms. The van der Waals surface area contributed by atoms with E-state index in [1.54, 1.807) is 12.1 Å². The third-order valence-electron chi connectivity index (χ3n) is 3.55. The number of phenolic OH excluding ortho intramolecular Hbond substituents is 1. The predicted molar refractivity (Wildman–Crippen MR) is 77.6 cm³/mol. The van der Waals surface area contributed by atoms with E-state index in [1.807, 2.05) is 6.92 Å². The molecular formula is C13H20Cl2N2O. The first-order valence-electron chi connectivity index (χ1n) is 6.05. The molecule has 1 aromatic carbocycles. The van der Waals surface area contributed by atoms with E-state index in [0.29, 0.717) is 16.7 Å². The highest BCUT2D eigenvalue weighted by Crippen LogP contribution is 2.35. The van der Waals surface area contributed by atoms with E-state index in [1.165, 1.54) is 0 Å². The van der Waals surface area contributed by atoms with Crippen LogP contribution in [0.1, 0.15) is 30.0 Å². The first kappa shape index (κ1) is 15.6. The molecule has 1 aromatic rings. The van der Waals surface area contributed by atoms with Crippen molar-refractivity contribution in [3.8, 4) is 5.75 Å². The van der Waals surface area contributed by atoms with Gasteiger partial charge in [0.2, 0.25) is 0 Å². The topological polar surface area (TPSA) is 58.3 Å². The van der Waals surface area contributed by atoms with Crippen molar-refractivity contribution >= 4 is 24.0 Å². The van der Waals surface area contributed by atoms with Crippen molar-refractivity contribution in [2.45, 2.75) is 25.8 Å². The standard InChI is InChI=1S/C13H19ClN2O.ClH/c1-8-6-10(14)7-11(13(8)17)12(15)9-2-4-16-5-3-9;/h6-7,9,12,16-17H,2-5,15H2,1H3;1H/t12-;/m1./s1. The maximum absolute atomic E-state index is 10.1. The molecule has 0 bridgehead atoms. The number of benzene rings is 1. The molecule has 4 N–H and O–H groups in total. The van der Waals surface area contributed by atoms with Crippen LogP contribution >= 0.6 is 24.0 Å². The molecule has 1 fully saturated rings. The SMILES string of the molecule is Cc1cc(Cl)cc([C@H](N)C2CCNCC2)c1O.Cl. The lowest BCUT2D eigenvalue weighted by Crippen LogP contribution is -2.33. The predicted octanol–water partition coefficient (Wildman–Crippen LogP) is 2.78. The number of halogens is 2. The molecule has 0 aromatic heterocycles. The first-order chi connectivity index (χ1) is 8.09. The number of aryl methyl sites for hydroxylation is 1. The second-order valence-corrected chi connectivity index (χ2v) is 5.21. The number of piperidine rings is 1. The van der Waals surface area contributed by atoms with E-state index >= 15 is 0 Å². The Labute approximate surface area is 119 Å². The molecule has 102 valence electrons. The maximum Gasteiger partial charge on any atom is 0.123 e. The van der Waals surface area contributed by atoms with Crippen molar-refractivity contribution < 1.29 is 5.11 Å². The molecule has 0 radical (unpaired) electrons. The van der Waals surface area contributed by atoms with Crippen molar-refractivity contribution in [1.29, 1.82) is 0 Å². The third-order valence-corrected chi connectivity index (χ3v) is 3.76. The number of phenols is 1. The largest absolute Gasteiger partial charge is 0.507 e. The zero-order chi connectivity index (χ0) is 12.4. The molecule has 1 aliphatic rings. The minimum Gasteiger partial charge on any atom is -0.507 e. The van der Waals surface area contributed by atoms with Gasteiger partial charge in [0.15, 0.2) is 0 Å². The number of nitrogens with two attached hydrogens (primary N) is 1. The zero-order valence-corrected chi connectivity index (χ0v) is 12.0. The van der Waals surface area contributed by atoms with Gasteiger partial charge in [-0.25, -0.2) is 0 Å². The molecule has 2 rings (SSSR count). The van der Waals surface area contributed by atoms with Crippen LogP contribution in [0.2, 0.25) is 5.02 Å². The maximum atomic E-state index is 10.1. The van der Waals surface area contributed by atoms with Gasteiger partial charge in [0.1, 0.15) is 5.75 Å². The summed E-state index contributed by atoms with van der Waals surface area (Å²) >= 11 is 6.03. The lowest BCUT2D eigenvalue weighted by Gasteiger charge is -2.29. The van der Waals surface area contributed by atoms with Gasteiger partial charge in [0.25, 0.3) is 0 Å². The summed E-state index contributed by atoms with van der Waals surface area (Å²) in [5.41, 5.74) is 7.83. The fourth-order valence-electron chi connectivity index (χ4n) is 2.47. The monoisotopic (exact) mass is 290 g/mol. The van der Waals surface area contributed by atoms with Crippen LogP contribution < -0.4 is 11.1 Å². The summed E-state index contributed by atoms with van der Waals surface area (Å²) in [6, 6.07) is 3.42. The Hall–Kier alpha value is -0.480. The van der Waals surface area contributed by atoms with E-state index in [0.717, 1.165) is 37.1 Å². The van der Waals surface area contributed by atoms with Crippen molar-refractivity contribution in [2.24, 2.45) is 11.7 Å². The lowest BCUT2D eigenvalue weighted by molar-refractivity contribution is 0.316. The average molecular weight is 291 g/mol. The van der Waals surface area contributed by atoms with Gasteiger partial charge in [-0.05, 0) is 56.5 Å². The molecule has 0 unspecified atom stereocenters. The van der Waals surface area contributed by atoms with Crippen LogP contribution in [0.4, 0.5) is 0 Å². The molecular weight excluding hydrogens is 271 g/mol. The number of hydrogen-bond acceptors (Lipinski definition) is 3. The Bertz CT molecular complexity index is 406. The van der Waals surface area contributed by atoms with Crippen molar-refractivity contribution in [1.82, 2.24) is 5.32 Å². The molecule has 18 heavy (non-hydrogen) atoms. The van der Waals surface area contributed by atoms with E-state index in [-0.39, 0.29) is 18.4 Å². The van der Waals surface area contributed by atoms with Crippen LogP contribution in [-0.4, -0.2) is 18.2 Å². The summed E-state index contributed by atoms with van der Waals surface area (Å²) in [6.45, 7) is 3.84. The molecule has 1 atom stereocenters. The van der Waals surface area contributed by atoms with Gasteiger partial charge in [-0.3, -0.25) is 0 Å². The average Bonchev–Trinajstić information content (AvgIpc) is 2.34. The number of aromatic hydroxyl groups is 1. The fourth-order valence-corrected chi connectivity index (χ4v) is 2.75. The van der Waals surface area contributed by atoms with Crippen LogP contribution in [-0.2, 0) is 0 Å². The molecule has 5 heteroatoms. The van der Waals surface area contributed by atoms with Gasteiger partial charge in [-0.15, -0.1) is 12.4 Å². The van der Waals surface area contributed by atoms with Gasteiger partial charge >= 0.3 is 0 Å². The van der Waals surface area contributed by atoms with Gasteiger partial charge in [0, 0.05) is 16.6 Å². The van der Waals surface area contributed by atoms with Gasteiger partial charge < -0.3 is 16.2 Å². The summed E-state index contributed by atoms with van der Waals surface area (Å²) in [4.78, 5) is 0. The highest BCUT2D eigenvalue weighted by Gasteiger charge is 2.24. The fraction of sp³-hybridized carbons (Fsp3) is 0.538. The molecule has 3 nitrogen and oxygen atoms in total. The van der Waals surface area contributed by atoms with Crippen LogP contribution in [0, 0.1) is 12.8 Å². The van der Waals surface area contributed by atoms with Crippen molar-refractivity contribution in [2.75, 3.05) is 13.1 Å². The third kappa shape index (κ3) is 3.29. The molecule has 1 heterocycles. The van der Waals surface area contributed by atoms with Crippen LogP contribution in [0.5, 0.6) is 5.75 Å². The second kappa shape index (κ2) is 6.62. The summed E-state index contributed by atoms with van der Waals surface area (Å²) in [5.74, 6) is 0.709. The Morgan fingerprint density at radius 2 is 2.00 bits per heavy atom. The molecule has 1 saturated heterocycles. The van der Waals surface area contributed by atoms with Crippen LogP contribution in [0.25, 0.3) is 0 Å². The summed E-state index contributed by atoms with van der Waals surface area (Å²) in [7, 11) is 0. The van der Waals surface area contributed by atoms with Crippen molar-refractivity contribution in [3.63, 3.8) is 0 Å². The Kier molecular flexibility index (Phi) is 5.73. The van der Waals surface area contributed by atoms with Crippen molar-refractivity contribution in [3.05, 3.63) is 28.3 Å². The minimum absolute atomic E-state index is 0. The van der Waals surface area contributed by atoms with Gasteiger partial charge in [-0.2, -0.15) is 0 Å². The molecule has 1 aliphatic heterocycles. The Morgan fingerprint density at radius 1 is 1.39 bits per heavy atom. The zero-order valence-electron chi connectivity index (χ0n) is 10.4. The smallest absolute Gasteiger partial charge is 0.123 e. The van der Waals surface area contributed by atoms with E-state index < -0.39 is 0 Å². The van der Waals surface area contributed by atoms with Gasteiger partial charge in [0.05, 0.1) is 0 Å². The number of hydrogen-bond donors (Lipinski definition) is 3. The molecule has 0 amide bonds. The van der Waals surface area contributed by atoms with Crippen LogP contribution in [0.3, 0.4) is 0 Å². The normalized spacial score (nSPS) is 18.2. The number of rotatable bonds is 2. The van der Waals surface area contributed by atoms with E-state index in [4.69, 9.17) is 17.3 Å². The van der Waals surface area contributed by atoms with E-state index in [2.05, 4.69) is 5.32 Å². The van der Waals surface area contributed by atoms with Gasteiger partial charge in [-0.1, -0.05) is 11.6 Å². The number of nitrogens with one attached hydrogen (secondary N) is 1. The highest BCUT2D eigenvalue weighted by molar-refractivity contribution is 6.30.